The van der Waals surface area contributed by atoms with E-state index in [0.29, 0.717) is 16.9 Å². The zero-order valence-electron chi connectivity index (χ0n) is 12.0. The molecule has 5 heteroatoms. The van der Waals surface area contributed by atoms with Crippen molar-refractivity contribution in [2.75, 3.05) is 14.2 Å². The van der Waals surface area contributed by atoms with Crippen molar-refractivity contribution < 1.29 is 19.0 Å². The zero-order valence-corrected chi connectivity index (χ0v) is 13.6. The van der Waals surface area contributed by atoms with E-state index in [0.717, 1.165) is 10.0 Å². The quantitative estimate of drug-likeness (QED) is 0.901. The number of methoxy groups -OCH3 is 2. The van der Waals surface area contributed by atoms with Crippen LogP contribution < -0.4 is 9.47 Å². The Bertz CT molecular complexity index is 658. The molecule has 112 valence electrons. The van der Waals surface area contributed by atoms with Gasteiger partial charge in [-0.15, -0.1) is 0 Å². The van der Waals surface area contributed by atoms with Gasteiger partial charge in [-0.05, 0) is 42.3 Å². The Labute approximate surface area is 131 Å². The molecule has 0 amide bonds. The highest BCUT2D eigenvalue weighted by atomic mass is 79.9. The lowest BCUT2D eigenvalue weighted by atomic mass is 9.99. The molecule has 0 saturated carbocycles. The van der Waals surface area contributed by atoms with Crippen LogP contribution in [0.15, 0.2) is 34.8 Å². The minimum Gasteiger partial charge on any atom is -0.496 e. The van der Waals surface area contributed by atoms with E-state index in [4.69, 9.17) is 9.47 Å². The van der Waals surface area contributed by atoms with E-state index in [2.05, 4.69) is 15.9 Å². The number of aryl methyl sites for hydroxylation is 1. The number of ether oxygens (including phenoxy) is 2. The molecular weight excluding hydrogens is 339 g/mol. The molecule has 1 unspecified atom stereocenters. The van der Waals surface area contributed by atoms with E-state index in [1.54, 1.807) is 13.2 Å². The monoisotopic (exact) mass is 354 g/mol. The third-order valence-electron chi connectivity index (χ3n) is 3.30. The number of hydrogen-bond donors (Lipinski definition) is 1. The third-order valence-corrected chi connectivity index (χ3v) is 4.15. The molecule has 1 atom stereocenters. The normalized spacial score (nSPS) is 12.1. The van der Waals surface area contributed by atoms with E-state index in [1.807, 2.05) is 13.0 Å². The Hall–Kier alpha value is -1.59. The van der Waals surface area contributed by atoms with Crippen LogP contribution in [-0.4, -0.2) is 19.3 Å². The molecule has 0 saturated heterocycles. The molecule has 21 heavy (non-hydrogen) atoms. The summed E-state index contributed by atoms with van der Waals surface area (Å²) < 4.78 is 24.6. The molecule has 1 N–H and O–H groups in total. The van der Waals surface area contributed by atoms with Crippen molar-refractivity contribution in [2.24, 2.45) is 0 Å². The van der Waals surface area contributed by atoms with Crippen molar-refractivity contribution in [3.05, 3.63) is 57.3 Å². The van der Waals surface area contributed by atoms with Crippen molar-refractivity contribution in [3.8, 4) is 11.5 Å². The molecule has 0 aliphatic heterocycles. The predicted molar refractivity (Wildman–Crippen MR) is 82.4 cm³/mol. The average Bonchev–Trinajstić information content (AvgIpc) is 2.49. The lowest BCUT2D eigenvalue weighted by molar-refractivity contribution is 0.214. The summed E-state index contributed by atoms with van der Waals surface area (Å²) in [6.07, 6.45) is -0.939. The van der Waals surface area contributed by atoms with Gasteiger partial charge in [-0.2, -0.15) is 0 Å². The van der Waals surface area contributed by atoms with E-state index < -0.39 is 11.9 Å². The molecule has 0 aliphatic carbocycles. The molecule has 2 aromatic rings. The Balaban J connectivity index is 2.49. The summed E-state index contributed by atoms with van der Waals surface area (Å²) >= 11 is 3.44. The maximum atomic E-state index is 13.5. The summed E-state index contributed by atoms with van der Waals surface area (Å²) in [5, 5.41) is 10.6. The SMILES string of the molecule is COc1cc(C(O)c2cc(Br)c(C)cc2OC)ccc1F. The highest BCUT2D eigenvalue weighted by Crippen LogP contribution is 2.35. The van der Waals surface area contributed by atoms with Gasteiger partial charge in [0.05, 0.1) is 14.2 Å². The van der Waals surface area contributed by atoms with Crippen LogP contribution in [0.1, 0.15) is 22.8 Å². The van der Waals surface area contributed by atoms with E-state index in [-0.39, 0.29) is 5.75 Å². The van der Waals surface area contributed by atoms with Crippen LogP contribution in [0.4, 0.5) is 4.39 Å². The lowest BCUT2D eigenvalue weighted by Crippen LogP contribution is -2.04. The minimum atomic E-state index is -0.939. The van der Waals surface area contributed by atoms with Gasteiger partial charge >= 0.3 is 0 Å². The fourth-order valence-corrected chi connectivity index (χ4v) is 2.45. The maximum Gasteiger partial charge on any atom is 0.165 e. The van der Waals surface area contributed by atoms with Crippen LogP contribution in [0.25, 0.3) is 0 Å². The van der Waals surface area contributed by atoms with Gasteiger partial charge in [-0.1, -0.05) is 22.0 Å². The molecule has 0 radical (unpaired) electrons. The molecule has 0 bridgehead atoms. The molecule has 0 aromatic heterocycles. The second-order valence-electron chi connectivity index (χ2n) is 4.64. The largest absolute Gasteiger partial charge is 0.496 e. The van der Waals surface area contributed by atoms with Gasteiger partial charge in [0.1, 0.15) is 11.9 Å². The fourth-order valence-electron chi connectivity index (χ4n) is 2.09. The standard InChI is InChI=1S/C16H16BrFO3/c1-9-6-14(20-2)11(8-12(9)17)16(19)10-4-5-13(18)15(7-10)21-3/h4-8,16,19H,1-3H3. The van der Waals surface area contributed by atoms with Crippen molar-refractivity contribution in [1.29, 1.82) is 0 Å². The molecule has 0 fully saturated rings. The van der Waals surface area contributed by atoms with Gasteiger partial charge in [0, 0.05) is 10.0 Å². The number of rotatable bonds is 4. The minimum absolute atomic E-state index is 0.0942. The number of benzene rings is 2. The van der Waals surface area contributed by atoms with Crippen LogP contribution in [0.2, 0.25) is 0 Å². The first-order chi connectivity index (χ1) is 9.97. The zero-order chi connectivity index (χ0) is 15.6. The van der Waals surface area contributed by atoms with E-state index in [9.17, 15) is 9.50 Å². The van der Waals surface area contributed by atoms with Gasteiger partial charge < -0.3 is 14.6 Å². The number of aliphatic hydroxyl groups excluding tert-OH is 1. The summed E-state index contributed by atoms with van der Waals surface area (Å²) in [6.45, 7) is 1.93. The van der Waals surface area contributed by atoms with Crippen molar-refractivity contribution >= 4 is 15.9 Å². The second kappa shape index (κ2) is 6.45. The molecule has 0 aliphatic rings. The molecule has 3 nitrogen and oxygen atoms in total. The van der Waals surface area contributed by atoms with Gasteiger partial charge in [-0.3, -0.25) is 0 Å². The molecule has 2 aromatic carbocycles. The first-order valence-electron chi connectivity index (χ1n) is 6.33. The van der Waals surface area contributed by atoms with Crippen LogP contribution in [0.3, 0.4) is 0 Å². The number of aliphatic hydroxyl groups is 1. The number of hydrogen-bond acceptors (Lipinski definition) is 3. The Kier molecular flexibility index (Phi) is 4.85. The second-order valence-corrected chi connectivity index (χ2v) is 5.49. The molecule has 0 spiro atoms. The van der Waals surface area contributed by atoms with Crippen LogP contribution >= 0.6 is 15.9 Å². The summed E-state index contributed by atoms with van der Waals surface area (Å²) in [6, 6.07) is 7.91. The Morgan fingerprint density at radius 3 is 2.38 bits per heavy atom. The van der Waals surface area contributed by atoms with Gasteiger partial charge in [0.2, 0.25) is 0 Å². The van der Waals surface area contributed by atoms with E-state index in [1.165, 1.54) is 25.3 Å². The van der Waals surface area contributed by atoms with Gasteiger partial charge in [0.15, 0.2) is 11.6 Å². The first kappa shape index (κ1) is 15.8. The predicted octanol–water partition coefficient (Wildman–Crippen LogP) is 4.00. The molecular formula is C16H16BrFO3. The Morgan fingerprint density at radius 1 is 1.10 bits per heavy atom. The summed E-state index contributed by atoms with van der Waals surface area (Å²) in [5.74, 6) is 0.202. The highest BCUT2D eigenvalue weighted by Gasteiger charge is 2.18. The number of halogens is 2. The average molecular weight is 355 g/mol. The van der Waals surface area contributed by atoms with Gasteiger partial charge in [0.25, 0.3) is 0 Å². The molecule has 2 rings (SSSR count). The lowest BCUT2D eigenvalue weighted by Gasteiger charge is -2.17. The third kappa shape index (κ3) is 3.19. The summed E-state index contributed by atoms with van der Waals surface area (Å²) in [5.41, 5.74) is 2.13. The van der Waals surface area contributed by atoms with E-state index >= 15 is 0 Å². The topological polar surface area (TPSA) is 38.7 Å². The fraction of sp³-hybridized carbons (Fsp3) is 0.250. The van der Waals surface area contributed by atoms with Crippen molar-refractivity contribution in [2.45, 2.75) is 13.0 Å². The molecule has 0 heterocycles. The Morgan fingerprint density at radius 2 is 1.76 bits per heavy atom. The first-order valence-corrected chi connectivity index (χ1v) is 7.12. The van der Waals surface area contributed by atoms with Crippen molar-refractivity contribution in [1.82, 2.24) is 0 Å². The van der Waals surface area contributed by atoms with Crippen LogP contribution in [0.5, 0.6) is 11.5 Å². The maximum absolute atomic E-state index is 13.5. The smallest absolute Gasteiger partial charge is 0.165 e. The summed E-state index contributed by atoms with van der Waals surface area (Å²) in [4.78, 5) is 0. The van der Waals surface area contributed by atoms with Crippen LogP contribution in [0, 0.1) is 12.7 Å². The summed E-state index contributed by atoms with van der Waals surface area (Å²) in [7, 11) is 2.93. The highest BCUT2D eigenvalue weighted by molar-refractivity contribution is 9.10. The van der Waals surface area contributed by atoms with Gasteiger partial charge in [-0.25, -0.2) is 4.39 Å². The van der Waals surface area contributed by atoms with Crippen LogP contribution in [-0.2, 0) is 0 Å². The van der Waals surface area contributed by atoms with Crippen molar-refractivity contribution in [3.63, 3.8) is 0 Å².